The molecule has 5 aromatic rings. The molecule has 0 aliphatic heterocycles. The molecule has 0 aliphatic carbocycles. The van der Waals surface area contributed by atoms with Crippen LogP contribution in [-0.4, -0.2) is 33.9 Å². The first-order valence-electron chi connectivity index (χ1n) is 11.9. The van der Waals surface area contributed by atoms with Crippen LogP contribution in [0.1, 0.15) is 36.7 Å². The van der Waals surface area contributed by atoms with Gasteiger partial charge in [0.05, 0.1) is 12.2 Å². The van der Waals surface area contributed by atoms with Gasteiger partial charge in [-0.1, -0.05) is 55.8 Å². The first-order valence-corrected chi connectivity index (χ1v) is 11.9. The number of rotatable bonds is 8. The zero-order valence-corrected chi connectivity index (χ0v) is 19.9. The van der Waals surface area contributed by atoms with Crippen molar-refractivity contribution in [3.63, 3.8) is 0 Å². The van der Waals surface area contributed by atoms with Gasteiger partial charge in [0.15, 0.2) is 17.4 Å². The Kier molecular flexibility index (Phi) is 6.20. The van der Waals surface area contributed by atoms with Crippen molar-refractivity contribution >= 4 is 11.2 Å². The summed E-state index contributed by atoms with van der Waals surface area (Å²) in [5.74, 6) is 0.451. The Labute approximate surface area is 206 Å². The molecular formula is C27H27N5O4. The lowest BCUT2D eigenvalue weighted by molar-refractivity contribution is 0.402. The molecule has 0 radical (unpaired) electrons. The fraction of sp³-hybridized carbons (Fsp3) is 0.222. The van der Waals surface area contributed by atoms with Crippen LogP contribution in [0, 0.1) is 0 Å². The normalized spacial score (nSPS) is 11.4. The molecule has 0 aliphatic rings. The molecule has 0 amide bonds. The largest absolute Gasteiger partial charge is 0.494 e. The average molecular weight is 486 g/mol. The number of H-pyrrole nitrogens is 1. The van der Waals surface area contributed by atoms with Gasteiger partial charge < -0.3 is 15.2 Å². The van der Waals surface area contributed by atoms with Crippen molar-refractivity contribution in [3.05, 3.63) is 105 Å². The van der Waals surface area contributed by atoms with Crippen molar-refractivity contribution in [1.82, 2.24) is 23.7 Å². The Morgan fingerprint density at radius 1 is 0.861 bits per heavy atom. The van der Waals surface area contributed by atoms with Crippen LogP contribution >= 0.6 is 0 Å². The van der Waals surface area contributed by atoms with Gasteiger partial charge in [-0.25, -0.2) is 9.78 Å². The Hall–Kier alpha value is -4.53. The molecule has 36 heavy (non-hydrogen) atoms. The summed E-state index contributed by atoms with van der Waals surface area (Å²) in [6.45, 7) is 2.72. The summed E-state index contributed by atoms with van der Waals surface area (Å²) in [5.41, 5.74) is 2.33. The maximum atomic E-state index is 13.3. The summed E-state index contributed by atoms with van der Waals surface area (Å²) in [6, 6.07) is 19.6. The summed E-state index contributed by atoms with van der Waals surface area (Å²) in [7, 11) is 0. The zero-order chi connectivity index (χ0) is 25.2. The predicted octanol–water partition coefficient (Wildman–Crippen LogP) is 3.53. The monoisotopic (exact) mass is 485 g/mol. The van der Waals surface area contributed by atoms with Crippen molar-refractivity contribution in [3.8, 4) is 17.4 Å². The number of nitrogens with one attached hydrogen (secondary N) is 1. The third kappa shape index (κ3) is 4.31. The number of hydrogen-bond acceptors (Lipinski definition) is 5. The lowest BCUT2D eigenvalue weighted by atomic mass is 10.1. The third-order valence-corrected chi connectivity index (χ3v) is 6.23. The second kappa shape index (κ2) is 9.61. The summed E-state index contributed by atoms with van der Waals surface area (Å²) >= 11 is 0. The highest BCUT2D eigenvalue weighted by atomic mass is 16.3. The fourth-order valence-corrected chi connectivity index (χ4v) is 4.36. The first-order chi connectivity index (χ1) is 17.5. The topological polar surface area (TPSA) is 118 Å². The number of benzene rings is 2. The number of imidazole rings is 1. The SMILES string of the molecule is CCCCn1c(=O)n(Cc2ccccc2)c(=O)c2[nH]c(Cc3ccc(-n4c(O)ccc4O)cc3)nc21. The van der Waals surface area contributed by atoms with Crippen LogP contribution in [-0.2, 0) is 19.5 Å². The van der Waals surface area contributed by atoms with Crippen LogP contribution in [0.15, 0.2) is 76.3 Å². The van der Waals surface area contributed by atoms with E-state index in [1.54, 1.807) is 16.7 Å². The number of hydrogen-bond donors (Lipinski definition) is 3. The van der Waals surface area contributed by atoms with Crippen molar-refractivity contribution in [1.29, 1.82) is 0 Å². The standard InChI is InChI=1S/C27H27N5O4/c1-2-3-15-30-25-24(26(35)31(27(30)36)17-19-7-5-4-6-8-19)28-21(29-25)16-18-9-11-20(12-10-18)32-22(33)13-14-23(32)34/h4-14,33-34H,2-3,15-17H2,1H3,(H,28,29). The van der Waals surface area contributed by atoms with Gasteiger partial charge in [0.25, 0.3) is 5.56 Å². The van der Waals surface area contributed by atoms with Crippen LogP contribution < -0.4 is 11.2 Å². The molecule has 0 atom stereocenters. The van der Waals surface area contributed by atoms with E-state index in [1.807, 2.05) is 42.5 Å². The molecule has 3 N–H and O–H groups in total. The molecule has 2 aromatic carbocycles. The molecule has 0 fully saturated rings. The average Bonchev–Trinajstić information content (AvgIpc) is 3.45. The maximum Gasteiger partial charge on any atom is 0.333 e. The van der Waals surface area contributed by atoms with Gasteiger partial charge in [-0.15, -0.1) is 0 Å². The molecule has 9 nitrogen and oxygen atoms in total. The number of aromatic hydroxyl groups is 2. The van der Waals surface area contributed by atoms with E-state index in [0.29, 0.717) is 35.6 Å². The zero-order valence-electron chi connectivity index (χ0n) is 19.9. The van der Waals surface area contributed by atoms with Crippen molar-refractivity contribution in [2.75, 3.05) is 0 Å². The highest BCUT2D eigenvalue weighted by molar-refractivity contribution is 5.70. The van der Waals surface area contributed by atoms with E-state index >= 15 is 0 Å². The van der Waals surface area contributed by atoms with E-state index in [-0.39, 0.29) is 29.6 Å². The second-order valence-electron chi connectivity index (χ2n) is 8.78. The Bertz CT molecular complexity index is 1610. The molecule has 9 heteroatoms. The summed E-state index contributed by atoms with van der Waals surface area (Å²) < 4.78 is 4.18. The lowest BCUT2D eigenvalue weighted by Gasteiger charge is -2.11. The molecule has 3 heterocycles. The molecule has 0 saturated heterocycles. The highest BCUT2D eigenvalue weighted by Crippen LogP contribution is 2.26. The van der Waals surface area contributed by atoms with E-state index < -0.39 is 0 Å². The number of fused-ring (bicyclic) bond motifs is 1. The quantitative estimate of drug-likeness (QED) is 0.311. The second-order valence-corrected chi connectivity index (χ2v) is 8.78. The van der Waals surface area contributed by atoms with Gasteiger partial charge in [0, 0.05) is 25.1 Å². The van der Waals surface area contributed by atoms with Gasteiger partial charge in [-0.3, -0.25) is 18.5 Å². The molecule has 0 saturated carbocycles. The predicted molar refractivity (Wildman–Crippen MR) is 137 cm³/mol. The van der Waals surface area contributed by atoms with Crippen LogP contribution in [0.25, 0.3) is 16.9 Å². The van der Waals surface area contributed by atoms with Gasteiger partial charge in [0.1, 0.15) is 11.3 Å². The van der Waals surface area contributed by atoms with Crippen LogP contribution in [0.3, 0.4) is 0 Å². The molecule has 0 unspecified atom stereocenters. The summed E-state index contributed by atoms with van der Waals surface area (Å²) in [4.78, 5) is 34.4. The van der Waals surface area contributed by atoms with Gasteiger partial charge in [0.2, 0.25) is 0 Å². The number of aryl methyl sites for hydroxylation is 1. The smallest absolute Gasteiger partial charge is 0.333 e. The Morgan fingerprint density at radius 3 is 2.22 bits per heavy atom. The van der Waals surface area contributed by atoms with Crippen molar-refractivity contribution in [2.24, 2.45) is 0 Å². The maximum absolute atomic E-state index is 13.3. The van der Waals surface area contributed by atoms with Crippen LogP contribution in [0.2, 0.25) is 0 Å². The molecule has 0 spiro atoms. The fourth-order valence-electron chi connectivity index (χ4n) is 4.36. The minimum absolute atomic E-state index is 0.0608. The van der Waals surface area contributed by atoms with Crippen LogP contribution in [0.5, 0.6) is 11.8 Å². The molecule has 3 aromatic heterocycles. The van der Waals surface area contributed by atoms with E-state index in [1.165, 1.54) is 21.3 Å². The van der Waals surface area contributed by atoms with Crippen molar-refractivity contribution < 1.29 is 10.2 Å². The number of aromatic nitrogens is 5. The first kappa shape index (κ1) is 23.2. The minimum atomic E-state index is -0.390. The molecule has 5 rings (SSSR count). The van der Waals surface area contributed by atoms with E-state index in [4.69, 9.17) is 0 Å². The van der Waals surface area contributed by atoms with E-state index in [0.717, 1.165) is 24.0 Å². The molecule has 184 valence electrons. The van der Waals surface area contributed by atoms with Crippen molar-refractivity contribution in [2.45, 2.75) is 39.3 Å². The van der Waals surface area contributed by atoms with E-state index in [9.17, 15) is 19.8 Å². The van der Waals surface area contributed by atoms with Gasteiger partial charge >= 0.3 is 5.69 Å². The van der Waals surface area contributed by atoms with Gasteiger partial charge in [-0.2, -0.15) is 0 Å². The van der Waals surface area contributed by atoms with Gasteiger partial charge in [-0.05, 0) is 29.7 Å². The number of nitrogens with zero attached hydrogens (tertiary/aromatic N) is 4. The van der Waals surface area contributed by atoms with Crippen LogP contribution in [0.4, 0.5) is 0 Å². The minimum Gasteiger partial charge on any atom is -0.494 e. The number of aromatic amines is 1. The third-order valence-electron chi connectivity index (χ3n) is 6.23. The Balaban J connectivity index is 1.51. The lowest BCUT2D eigenvalue weighted by Crippen LogP contribution is -2.40. The summed E-state index contributed by atoms with van der Waals surface area (Å²) in [5, 5.41) is 19.9. The molecule has 0 bridgehead atoms. The Morgan fingerprint density at radius 2 is 1.56 bits per heavy atom. The summed E-state index contributed by atoms with van der Waals surface area (Å²) in [6.07, 6.45) is 2.11. The highest BCUT2D eigenvalue weighted by Gasteiger charge is 2.18. The number of unbranched alkanes of at least 4 members (excludes halogenated alkanes) is 1. The van der Waals surface area contributed by atoms with E-state index in [2.05, 4.69) is 16.9 Å². The molecular weight excluding hydrogens is 458 g/mol.